The number of hydrogen-bond donors (Lipinski definition) is 0. The molecular formula is C61H55N5OPt-2. The number of rotatable bonds is 6. The van der Waals surface area contributed by atoms with Crippen LogP contribution in [-0.4, -0.2) is 18.7 Å². The van der Waals surface area contributed by atoms with Crippen LogP contribution in [0.3, 0.4) is 0 Å². The van der Waals surface area contributed by atoms with E-state index in [1.54, 1.807) is 0 Å². The fraction of sp³-hybridized carbons (Fsp3) is 0.213. The number of nitrogens with zero attached hydrogens (tertiary/aromatic N) is 5. The predicted molar refractivity (Wildman–Crippen MR) is 276 cm³/mol. The van der Waals surface area contributed by atoms with Crippen molar-refractivity contribution in [2.75, 3.05) is 4.90 Å². The van der Waals surface area contributed by atoms with E-state index < -0.39 is 0 Å². The van der Waals surface area contributed by atoms with Gasteiger partial charge in [0.25, 0.3) is 0 Å². The molecule has 7 heteroatoms. The van der Waals surface area contributed by atoms with Crippen LogP contribution in [0, 0.1) is 15.9 Å². The van der Waals surface area contributed by atoms with E-state index in [-0.39, 0.29) is 16.2 Å². The Morgan fingerprint density at radius 1 is 0.500 bits per heavy atom. The first-order valence-corrected chi connectivity index (χ1v) is 24.6. The van der Waals surface area contributed by atoms with E-state index in [0.29, 0.717) is 18.0 Å². The van der Waals surface area contributed by atoms with Crippen LogP contribution in [0.15, 0.2) is 158 Å². The van der Waals surface area contributed by atoms with Gasteiger partial charge < -0.3 is 4.57 Å². The van der Waals surface area contributed by atoms with Crippen LogP contribution in [0.4, 0.5) is 11.5 Å². The Morgan fingerprint density at radius 2 is 1.09 bits per heavy atom. The van der Waals surface area contributed by atoms with E-state index in [9.17, 15) is 0 Å². The van der Waals surface area contributed by atoms with Crippen molar-refractivity contribution in [1.29, 1.82) is 0 Å². The number of pyridine rings is 1. The molecule has 10 aromatic rings. The number of imidazole rings is 1. The predicted octanol–water partition coefficient (Wildman–Crippen LogP) is 15.6. The van der Waals surface area contributed by atoms with Gasteiger partial charge in [0.1, 0.15) is 0 Å². The summed E-state index contributed by atoms with van der Waals surface area (Å²) in [5.41, 5.74) is 15.9. The molecule has 342 valence electrons. The van der Waals surface area contributed by atoms with Crippen LogP contribution in [0.5, 0.6) is 11.5 Å². The van der Waals surface area contributed by atoms with E-state index >= 15 is 0 Å². The number of anilines is 2. The minimum absolute atomic E-state index is 0.0148. The van der Waals surface area contributed by atoms with E-state index in [1.807, 2.05) is 24.4 Å². The molecule has 0 spiro atoms. The van der Waals surface area contributed by atoms with Gasteiger partial charge in [0.15, 0.2) is 0 Å². The van der Waals surface area contributed by atoms with Gasteiger partial charge in [-0.15, -0.1) is 0 Å². The summed E-state index contributed by atoms with van der Waals surface area (Å²) in [7, 11) is 0. The van der Waals surface area contributed by atoms with Crippen LogP contribution in [-0.2, 0) is 42.1 Å². The molecule has 3 aromatic heterocycles. The molecule has 7 aromatic carbocycles. The normalized spacial score (nSPS) is 13.1. The molecule has 4 heterocycles. The molecule has 0 amide bonds. The SMILES string of the molecule is CC(C)(C)c1cc(-n2[c](=[Pt])n(-c3[c-]c(Oc4[c-]c5c(cc4)-c4ccc(-n6c7ccccc7c7ccccc76)cc4CN5c4cc(C(C)(C)C)ccn4)ccc3)c3ccccc32)cc(C(C)(C)C)c1. The zero-order chi connectivity index (χ0) is 47.3. The summed E-state index contributed by atoms with van der Waals surface area (Å²) in [5.74, 6) is 2.09. The number of ether oxygens (including phenoxy) is 1. The number of benzene rings is 7. The van der Waals surface area contributed by atoms with Crippen molar-refractivity contribution in [3.63, 3.8) is 0 Å². The second-order valence-electron chi connectivity index (χ2n) is 21.2. The average Bonchev–Trinajstić information content (AvgIpc) is 3.81. The fourth-order valence-corrected chi connectivity index (χ4v) is 10.8. The first-order valence-electron chi connectivity index (χ1n) is 23.5. The molecule has 0 atom stereocenters. The Labute approximate surface area is 410 Å². The van der Waals surface area contributed by atoms with Crippen molar-refractivity contribution in [1.82, 2.24) is 18.7 Å². The van der Waals surface area contributed by atoms with Gasteiger partial charge in [0.2, 0.25) is 0 Å². The Balaban J connectivity index is 1.00. The molecule has 11 rings (SSSR count). The van der Waals surface area contributed by atoms with E-state index in [4.69, 9.17) is 9.72 Å². The van der Waals surface area contributed by atoms with E-state index in [2.05, 4.69) is 246 Å². The molecular weight excluding hydrogens is 1010 g/mol. The van der Waals surface area contributed by atoms with Crippen LogP contribution < -0.4 is 9.64 Å². The Kier molecular flexibility index (Phi) is 10.4. The third-order valence-corrected chi connectivity index (χ3v) is 14.4. The maximum atomic E-state index is 6.77. The molecule has 0 bridgehead atoms. The second kappa shape index (κ2) is 16.2. The van der Waals surface area contributed by atoms with Crippen molar-refractivity contribution < 1.29 is 24.1 Å². The van der Waals surface area contributed by atoms with Gasteiger partial charge in [0, 0.05) is 22.7 Å². The summed E-state index contributed by atoms with van der Waals surface area (Å²) in [6.07, 6.45) is 1.93. The average molecular weight is 1070 g/mol. The van der Waals surface area contributed by atoms with Gasteiger partial charge in [-0.3, -0.25) is 0 Å². The van der Waals surface area contributed by atoms with Gasteiger partial charge in [-0.1, -0.05) is 57.2 Å². The summed E-state index contributed by atoms with van der Waals surface area (Å²) < 4.78 is 14.9. The zero-order valence-corrected chi connectivity index (χ0v) is 42.5. The molecule has 1 aliphatic rings. The van der Waals surface area contributed by atoms with Gasteiger partial charge in [-0.25, -0.2) is 0 Å². The summed E-state index contributed by atoms with van der Waals surface area (Å²) in [4.78, 5) is 7.29. The summed E-state index contributed by atoms with van der Waals surface area (Å²) >= 11 is 2.48. The zero-order valence-electron chi connectivity index (χ0n) is 40.2. The van der Waals surface area contributed by atoms with Gasteiger partial charge in [-0.2, -0.15) is 0 Å². The van der Waals surface area contributed by atoms with Crippen LogP contribution in [0.1, 0.15) is 84.6 Å². The number of para-hydroxylation sites is 4. The van der Waals surface area contributed by atoms with Crippen molar-refractivity contribution in [3.05, 3.63) is 196 Å². The fourth-order valence-electron chi connectivity index (χ4n) is 9.68. The monoisotopic (exact) mass is 1070 g/mol. The standard InChI is InChI=1S/C61H55N5O.Pt/c1-59(2,3)41-29-30-62-58(35-41)63-38-40-31-45(66-53-21-12-10-19-50(53)51-20-11-13-22-54(51)66)25-27-49(40)52-28-26-48(37-57(52)63)67-47-18-16-17-44(36-47)64-39-65(56-24-15-14-23-55(56)64)46-33-42(60(4,5)6)32-43(34-46)61(7,8)9;/h10-35H,38H2,1-9H3;/q-2;. The number of aromatic nitrogens is 4. The molecule has 6 nitrogen and oxygen atoms in total. The molecule has 0 saturated heterocycles. The summed E-state index contributed by atoms with van der Waals surface area (Å²) in [6, 6.07) is 62.0. The van der Waals surface area contributed by atoms with Gasteiger partial charge in [0.05, 0.1) is 11.0 Å². The third kappa shape index (κ3) is 7.64. The topological polar surface area (TPSA) is 40.1 Å². The molecule has 1 aliphatic heterocycles. The Bertz CT molecular complexity index is 3590. The molecule has 0 N–H and O–H groups in total. The van der Waals surface area contributed by atoms with Crippen molar-refractivity contribution in [2.24, 2.45) is 0 Å². The van der Waals surface area contributed by atoms with Gasteiger partial charge in [-0.05, 0) is 41.3 Å². The first-order chi connectivity index (χ1) is 32.5. The Morgan fingerprint density at radius 3 is 1.74 bits per heavy atom. The number of hydrogen-bond acceptors (Lipinski definition) is 3. The van der Waals surface area contributed by atoms with Crippen molar-refractivity contribution in [2.45, 2.75) is 85.1 Å². The van der Waals surface area contributed by atoms with Crippen LogP contribution in [0.25, 0.3) is 61.0 Å². The van der Waals surface area contributed by atoms with Gasteiger partial charge >= 0.3 is 276 Å². The molecule has 68 heavy (non-hydrogen) atoms. The molecule has 0 fully saturated rings. The van der Waals surface area contributed by atoms with Crippen molar-refractivity contribution in [3.8, 4) is 39.7 Å². The Hall–Kier alpha value is -6.75. The molecule has 0 aliphatic carbocycles. The molecule has 0 unspecified atom stereocenters. The molecule has 0 saturated carbocycles. The summed E-state index contributed by atoms with van der Waals surface area (Å²) in [5, 5.41) is 2.50. The second-order valence-corrected chi connectivity index (χ2v) is 22.2. The maximum absolute atomic E-state index is 6.77. The van der Waals surface area contributed by atoms with Crippen LogP contribution in [0.2, 0.25) is 0 Å². The number of fused-ring (bicyclic) bond motifs is 7. The third-order valence-electron chi connectivity index (χ3n) is 13.4. The minimum atomic E-state index is -0.0541. The quantitative estimate of drug-likeness (QED) is 0.156. The van der Waals surface area contributed by atoms with Crippen LogP contribution >= 0.6 is 0 Å². The van der Waals surface area contributed by atoms with Crippen molar-refractivity contribution >= 4 is 44.3 Å². The van der Waals surface area contributed by atoms with E-state index in [0.717, 1.165) is 49.0 Å². The summed E-state index contributed by atoms with van der Waals surface area (Å²) in [6.45, 7) is 21.1. The molecule has 0 radical (unpaired) electrons. The first kappa shape index (κ1) is 43.8. The van der Waals surface area contributed by atoms with E-state index in [1.165, 1.54) is 49.6 Å².